The number of hydrogen-bond donors (Lipinski definition) is 2. The number of carboxylic acids is 1. The van der Waals surface area contributed by atoms with Gasteiger partial charge in [0.2, 0.25) is 0 Å². The van der Waals surface area contributed by atoms with Crippen molar-refractivity contribution in [1.29, 1.82) is 0 Å². The number of ketones is 1. The smallest absolute Gasteiger partial charge is 0.318 e. The molecule has 0 radical (unpaired) electrons. The maximum Gasteiger partial charge on any atom is 0.318 e. The zero-order chi connectivity index (χ0) is 25.8. The van der Waals surface area contributed by atoms with Crippen LogP contribution in [0.4, 0.5) is 4.79 Å². The van der Waals surface area contributed by atoms with E-state index in [2.05, 4.69) is 20.9 Å². The number of carbonyl (C=O) groups excluding carboxylic acids is 2. The van der Waals surface area contributed by atoms with Crippen molar-refractivity contribution in [1.82, 2.24) is 15.2 Å². The summed E-state index contributed by atoms with van der Waals surface area (Å²) in [5.74, 6) is -1.76. The molecule has 0 aliphatic carbocycles. The Bertz CT molecular complexity index is 1060. The summed E-state index contributed by atoms with van der Waals surface area (Å²) in [6.45, 7) is 0.0160. The van der Waals surface area contributed by atoms with Gasteiger partial charge in [-0.15, -0.1) is 5.10 Å². The molecule has 2 amide bonds. The van der Waals surface area contributed by atoms with Crippen molar-refractivity contribution in [3.63, 3.8) is 0 Å². The second-order valence-corrected chi connectivity index (χ2v) is 8.42. The summed E-state index contributed by atoms with van der Waals surface area (Å²) < 4.78 is 0. The molecule has 12 heteroatoms. The second kappa shape index (κ2) is 14.0. The van der Waals surface area contributed by atoms with Crippen molar-refractivity contribution in [2.24, 2.45) is 15.5 Å². The van der Waals surface area contributed by atoms with Crippen LogP contribution in [0.25, 0.3) is 0 Å². The molecule has 2 aromatic carbocycles. The van der Waals surface area contributed by atoms with E-state index < -0.39 is 30.2 Å². The molecule has 0 bridgehead atoms. The summed E-state index contributed by atoms with van der Waals surface area (Å²) in [5.41, 5.74) is 1.59. The molecule has 35 heavy (non-hydrogen) atoms. The van der Waals surface area contributed by atoms with Gasteiger partial charge in [0.15, 0.2) is 5.78 Å². The van der Waals surface area contributed by atoms with E-state index >= 15 is 0 Å². The van der Waals surface area contributed by atoms with Gasteiger partial charge in [-0.05, 0) is 28.5 Å². The van der Waals surface area contributed by atoms with Crippen molar-refractivity contribution >= 4 is 47.2 Å². The predicted molar refractivity (Wildman–Crippen MR) is 134 cm³/mol. The first kappa shape index (κ1) is 27.7. The van der Waals surface area contributed by atoms with E-state index in [0.29, 0.717) is 28.6 Å². The molecular weight excluding hydrogens is 495 g/mol. The normalized spacial score (nSPS) is 12.0. The number of nitrogens with one attached hydrogen (secondary N) is 1. The number of benzene rings is 2. The number of likely N-dealkylation sites (N-methyl/N-ethyl adjacent to an activating group) is 1. The lowest BCUT2D eigenvalue weighted by molar-refractivity contribution is -0.139. The molecule has 10 nitrogen and oxygen atoms in total. The molecule has 0 aliphatic rings. The first-order valence-electron chi connectivity index (χ1n) is 10.5. The van der Waals surface area contributed by atoms with E-state index in [1.807, 2.05) is 30.3 Å². The standard InChI is InChI=1S/C23H26Cl2N6O4/c1-30(14-16-7-4-3-5-8-16)23(35)27-20(13-22(33)34)21(32)15-31(2)29-28-26-12-11-17-18(24)9-6-10-19(17)25/h3-10,12,20H,11,13-15H2,1-2H3,(H,27,35)(H,33,34). The van der Waals surface area contributed by atoms with Gasteiger partial charge in [-0.2, -0.15) is 0 Å². The highest BCUT2D eigenvalue weighted by Crippen LogP contribution is 2.24. The highest BCUT2D eigenvalue weighted by Gasteiger charge is 2.25. The largest absolute Gasteiger partial charge is 0.481 e. The first-order chi connectivity index (χ1) is 16.7. The Morgan fingerprint density at radius 2 is 1.71 bits per heavy atom. The number of halogens is 2. The summed E-state index contributed by atoms with van der Waals surface area (Å²) >= 11 is 12.2. The molecule has 1 atom stereocenters. The number of nitrogens with zero attached hydrogens (tertiary/aromatic N) is 5. The lowest BCUT2D eigenvalue weighted by Crippen LogP contribution is -2.49. The third-order valence-electron chi connectivity index (χ3n) is 4.74. The average Bonchev–Trinajstić information content (AvgIpc) is 2.80. The highest BCUT2D eigenvalue weighted by atomic mass is 35.5. The summed E-state index contributed by atoms with van der Waals surface area (Å²) in [7, 11) is 3.03. The number of rotatable bonds is 12. The van der Waals surface area contributed by atoms with Crippen molar-refractivity contribution in [3.05, 3.63) is 69.7 Å². The maximum atomic E-state index is 12.6. The van der Waals surface area contributed by atoms with Crippen LogP contribution >= 0.6 is 23.2 Å². The van der Waals surface area contributed by atoms with E-state index in [9.17, 15) is 19.5 Å². The Morgan fingerprint density at radius 1 is 1.06 bits per heavy atom. The number of Topliss-reactive ketones (excluding diaryl/α,β-unsaturated/α-hetero) is 1. The van der Waals surface area contributed by atoms with E-state index in [0.717, 1.165) is 5.56 Å². The number of aliphatic carboxylic acids is 1. The quantitative estimate of drug-likeness (QED) is 0.247. The molecule has 2 N–H and O–H groups in total. The SMILES string of the molecule is CN(CC(=O)C(CC(=O)O)NC(=O)N(C)Cc1ccccc1)N=NN=CCc1c(Cl)cccc1Cl. The van der Waals surface area contributed by atoms with Crippen LogP contribution in [0.3, 0.4) is 0 Å². The van der Waals surface area contributed by atoms with E-state index in [1.54, 1.807) is 25.2 Å². The van der Waals surface area contributed by atoms with Gasteiger partial charge in [-0.1, -0.05) is 64.8 Å². The Labute approximate surface area is 213 Å². The number of hydrogen-bond acceptors (Lipinski definition) is 5. The van der Waals surface area contributed by atoms with Crippen LogP contribution in [0.15, 0.2) is 64.1 Å². The van der Waals surface area contributed by atoms with Crippen molar-refractivity contribution in [2.75, 3.05) is 20.6 Å². The summed E-state index contributed by atoms with van der Waals surface area (Å²) in [5, 5.41) is 25.1. The van der Waals surface area contributed by atoms with Crippen molar-refractivity contribution < 1.29 is 19.5 Å². The monoisotopic (exact) mass is 520 g/mol. The van der Waals surface area contributed by atoms with Crippen LogP contribution in [0.5, 0.6) is 0 Å². The molecule has 0 saturated heterocycles. The molecule has 0 aromatic heterocycles. The Morgan fingerprint density at radius 3 is 2.34 bits per heavy atom. The highest BCUT2D eigenvalue weighted by molar-refractivity contribution is 6.36. The van der Waals surface area contributed by atoms with Gasteiger partial charge in [0.25, 0.3) is 0 Å². The topological polar surface area (TPSA) is 127 Å². The molecule has 2 rings (SSSR count). The molecular formula is C23H26Cl2N6O4. The minimum atomic E-state index is -1.23. The number of carboxylic acid groups (broad SMARTS) is 1. The van der Waals surface area contributed by atoms with Crippen LogP contribution in [0.2, 0.25) is 10.0 Å². The lowest BCUT2D eigenvalue weighted by Gasteiger charge is -2.23. The lowest BCUT2D eigenvalue weighted by atomic mass is 10.1. The molecule has 0 spiro atoms. The number of amides is 2. The first-order valence-corrected chi connectivity index (χ1v) is 11.3. The molecule has 1 unspecified atom stereocenters. The van der Waals surface area contributed by atoms with Gasteiger partial charge in [0.05, 0.1) is 13.0 Å². The fourth-order valence-electron chi connectivity index (χ4n) is 2.96. The zero-order valence-electron chi connectivity index (χ0n) is 19.3. The molecule has 186 valence electrons. The van der Waals surface area contributed by atoms with Gasteiger partial charge >= 0.3 is 12.0 Å². The fraction of sp³-hybridized carbons (Fsp3) is 0.304. The second-order valence-electron chi connectivity index (χ2n) is 7.60. The third-order valence-corrected chi connectivity index (χ3v) is 5.45. The minimum Gasteiger partial charge on any atom is -0.481 e. The Hall–Kier alpha value is -3.50. The minimum absolute atomic E-state index is 0.282. The maximum absolute atomic E-state index is 12.6. The molecule has 0 aliphatic heterocycles. The average molecular weight is 521 g/mol. The summed E-state index contributed by atoms with van der Waals surface area (Å²) in [6.07, 6.45) is 1.23. The Kier molecular flexibility index (Phi) is 11.1. The number of carbonyl (C=O) groups is 3. The van der Waals surface area contributed by atoms with Crippen LogP contribution in [-0.2, 0) is 22.6 Å². The van der Waals surface area contributed by atoms with E-state index in [-0.39, 0.29) is 6.54 Å². The van der Waals surface area contributed by atoms with Gasteiger partial charge in [-0.3, -0.25) is 14.6 Å². The van der Waals surface area contributed by atoms with Gasteiger partial charge in [0, 0.05) is 43.3 Å². The van der Waals surface area contributed by atoms with Crippen LogP contribution in [0, 0.1) is 0 Å². The van der Waals surface area contributed by atoms with Crippen LogP contribution in [0.1, 0.15) is 17.5 Å². The van der Waals surface area contributed by atoms with Gasteiger partial charge in [0.1, 0.15) is 6.04 Å². The Balaban J connectivity index is 1.90. The molecule has 2 aromatic rings. The zero-order valence-corrected chi connectivity index (χ0v) is 20.8. The molecule has 0 saturated carbocycles. The summed E-state index contributed by atoms with van der Waals surface area (Å²) in [4.78, 5) is 37.8. The van der Waals surface area contributed by atoms with E-state index in [1.165, 1.54) is 23.2 Å². The van der Waals surface area contributed by atoms with Crippen molar-refractivity contribution in [3.8, 4) is 0 Å². The van der Waals surface area contributed by atoms with Crippen LogP contribution < -0.4 is 5.32 Å². The van der Waals surface area contributed by atoms with Crippen molar-refractivity contribution in [2.45, 2.75) is 25.4 Å². The van der Waals surface area contributed by atoms with Gasteiger partial charge < -0.3 is 15.3 Å². The molecule has 0 heterocycles. The fourth-order valence-corrected chi connectivity index (χ4v) is 3.51. The summed E-state index contributed by atoms with van der Waals surface area (Å²) in [6, 6.07) is 12.6. The third kappa shape index (κ3) is 9.71. The number of urea groups is 1. The molecule has 0 fully saturated rings. The predicted octanol–water partition coefficient (Wildman–Crippen LogP) is 4.07. The van der Waals surface area contributed by atoms with E-state index in [4.69, 9.17) is 23.2 Å². The van der Waals surface area contributed by atoms with Crippen LogP contribution in [-0.4, -0.2) is 65.7 Å². The van der Waals surface area contributed by atoms with Gasteiger partial charge in [-0.25, -0.2) is 4.79 Å².